The van der Waals surface area contributed by atoms with Gasteiger partial charge >= 0.3 is 0 Å². The third-order valence-electron chi connectivity index (χ3n) is 3.23. The highest BCUT2D eigenvalue weighted by Gasteiger charge is 2.15. The van der Waals surface area contributed by atoms with Crippen LogP contribution in [-0.2, 0) is 6.42 Å². The number of alkyl halides is 1. The monoisotopic (exact) mass is 397 g/mol. The average Bonchev–Trinajstić information content (AvgIpc) is 2.80. The number of halogens is 2. The topological polar surface area (TPSA) is 30.7 Å². The van der Waals surface area contributed by atoms with Gasteiger partial charge in [0.15, 0.2) is 5.65 Å². The van der Waals surface area contributed by atoms with Gasteiger partial charge in [-0.25, -0.2) is 9.97 Å². The van der Waals surface area contributed by atoms with Crippen molar-refractivity contribution in [3.05, 3.63) is 51.5 Å². The van der Waals surface area contributed by atoms with Crippen molar-refractivity contribution < 1.29 is 0 Å². The SMILES string of the molecule is Cc1ccnc2c1nc(CCCl)n2-c1ccccc1I. The first-order chi connectivity index (χ1) is 9.72. The van der Waals surface area contributed by atoms with Gasteiger partial charge in [-0.05, 0) is 53.3 Å². The van der Waals surface area contributed by atoms with Gasteiger partial charge in [0.25, 0.3) is 0 Å². The first-order valence-corrected chi connectivity index (χ1v) is 7.97. The number of pyridine rings is 1. The van der Waals surface area contributed by atoms with Crippen molar-refractivity contribution in [2.45, 2.75) is 13.3 Å². The van der Waals surface area contributed by atoms with E-state index in [1.807, 2.05) is 24.4 Å². The molecule has 0 aliphatic carbocycles. The zero-order valence-electron chi connectivity index (χ0n) is 11.0. The van der Waals surface area contributed by atoms with Crippen molar-refractivity contribution >= 4 is 45.4 Å². The van der Waals surface area contributed by atoms with E-state index in [0.717, 1.165) is 34.7 Å². The molecule has 20 heavy (non-hydrogen) atoms. The molecule has 3 nitrogen and oxygen atoms in total. The summed E-state index contributed by atoms with van der Waals surface area (Å²) in [6.07, 6.45) is 2.55. The van der Waals surface area contributed by atoms with Crippen LogP contribution in [0.5, 0.6) is 0 Å². The van der Waals surface area contributed by atoms with Gasteiger partial charge < -0.3 is 0 Å². The normalized spacial score (nSPS) is 11.2. The van der Waals surface area contributed by atoms with Gasteiger partial charge in [0.2, 0.25) is 0 Å². The fraction of sp³-hybridized carbons (Fsp3) is 0.200. The van der Waals surface area contributed by atoms with Crippen LogP contribution >= 0.6 is 34.2 Å². The lowest BCUT2D eigenvalue weighted by molar-refractivity contribution is 0.902. The molecular formula is C15H13ClIN3. The summed E-state index contributed by atoms with van der Waals surface area (Å²) in [6.45, 7) is 2.06. The van der Waals surface area contributed by atoms with Crippen LogP contribution in [0.4, 0.5) is 0 Å². The van der Waals surface area contributed by atoms with Gasteiger partial charge in [0.05, 0.1) is 5.69 Å². The predicted molar refractivity (Wildman–Crippen MR) is 90.7 cm³/mol. The first-order valence-electron chi connectivity index (χ1n) is 6.36. The molecular weight excluding hydrogens is 385 g/mol. The summed E-state index contributed by atoms with van der Waals surface area (Å²) in [5.74, 6) is 1.51. The minimum Gasteiger partial charge on any atom is -0.280 e. The van der Waals surface area contributed by atoms with Crippen LogP contribution in [0.1, 0.15) is 11.4 Å². The molecule has 0 fully saturated rings. The fourth-order valence-corrected chi connectivity index (χ4v) is 3.08. The van der Waals surface area contributed by atoms with Crippen molar-refractivity contribution in [3.63, 3.8) is 0 Å². The Kier molecular flexibility index (Phi) is 3.94. The van der Waals surface area contributed by atoms with Crippen LogP contribution in [0, 0.1) is 10.5 Å². The second-order valence-corrected chi connectivity index (χ2v) is 6.09. The Morgan fingerprint density at radius 1 is 1.25 bits per heavy atom. The van der Waals surface area contributed by atoms with Crippen molar-refractivity contribution in [2.75, 3.05) is 5.88 Å². The molecule has 0 atom stereocenters. The van der Waals surface area contributed by atoms with Gasteiger partial charge in [-0.15, -0.1) is 11.6 Å². The lowest BCUT2D eigenvalue weighted by Gasteiger charge is -2.09. The minimum atomic E-state index is 0.547. The summed E-state index contributed by atoms with van der Waals surface area (Å²) in [5.41, 5.74) is 4.09. The number of hydrogen-bond donors (Lipinski definition) is 0. The fourth-order valence-electron chi connectivity index (χ4n) is 2.28. The van der Waals surface area contributed by atoms with Crippen LogP contribution < -0.4 is 0 Å². The molecule has 0 radical (unpaired) electrons. The van der Waals surface area contributed by atoms with Gasteiger partial charge in [-0.2, -0.15) is 0 Å². The lowest BCUT2D eigenvalue weighted by Crippen LogP contribution is -2.04. The summed E-state index contributed by atoms with van der Waals surface area (Å²) in [6, 6.07) is 10.2. The van der Waals surface area contributed by atoms with E-state index in [2.05, 4.69) is 51.2 Å². The van der Waals surface area contributed by atoms with Gasteiger partial charge in [-0.3, -0.25) is 4.57 Å². The highest BCUT2D eigenvalue weighted by Crippen LogP contribution is 2.25. The number of aromatic nitrogens is 3. The molecule has 0 saturated carbocycles. The van der Waals surface area contributed by atoms with E-state index in [-0.39, 0.29) is 0 Å². The second-order valence-electron chi connectivity index (χ2n) is 4.55. The Bertz CT molecular complexity index is 767. The molecule has 5 heteroatoms. The van der Waals surface area contributed by atoms with E-state index < -0.39 is 0 Å². The van der Waals surface area contributed by atoms with Crippen LogP contribution in [0.3, 0.4) is 0 Å². The van der Waals surface area contributed by atoms with Crippen molar-refractivity contribution in [1.82, 2.24) is 14.5 Å². The molecule has 102 valence electrons. The quantitative estimate of drug-likeness (QED) is 0.492. The highest BCUT2D eigenvalue weighted by molar-refractivity contribution is 14.1. The minimum absolute atomic E-state index is 0.547. The molecule has 0 aliphatic heterocycles. The zero-order valence-corrected chi connectivity index (χ0v) is 13.9. The molecule has 3 rings (SSSR count). The lowest BCUT2D eigenvalue weighted by atomic mass is 10.2. The molecule has 0 N–H and O–H groups in total. The van der Waals surface area contributed by atoms with Crippen LogP contribution in [0.15, 0.2) is 36.5 Å². The van der Waals surface area contributed by atoms with Crippen molar-refractivity contribution in [2.24, 2.45) is 0 Å². The number of para-hydroxylation sites is 1. The van der Waals surface area contributed by atoms with Crippen LogP contribution in [0.25, 0.3) is 16.9 Å². The van der Waals surface area contributed by atoms with E-state index >= 15 is 0 Å². The number of aryl methyl sites for hydroxylation is 2. The largest absolute Gasteiger partial charge is 0.280 e. The van der Waals surface area contributed by atoms with Gasteiger partial charge in [0, 0.05) is 22.1 Å². The molecule has 0 bridgehead atoms. The summed E-state index contributed by atoms with van der Waals surface area (Å²) in [5, 5.41) is 0. The third-order valence-corrected chi connectivity index (χ3v) is 4.33. The van der Waals surface area contributed by atoms with E-state index in [4.69, 9.17) is 16.6 Å². The molecule has 0 saturated heterocycles. The number of imidazole rings is 1. The Balaban J connectivity index is 2.35. The number of fused-ring (bicyclic) bond motifs is 1. The Hall–Kier alpha value is -1.14. The molecule has 0 aliphatic rings. The molecule has 2 aromatic heterocycles. The number of benzene rings is 1. The standard InChI is InChI=1S/C15H13ClIN3/c1-10-7-9-18-15-14(10)19-13(6-8-16)20(15)12-5-3-2-4-11(12)17/h2-5,7,9H,6,8H2,1H3. The maximum absolute atomic E-state index is 5.93. The van der Waals surface area contributed by atoms with Gasteiger partial charge in [0.1, 0.15) is 11.3 Å². The van der Waals surface area contributed by atoms with Crippen molar-refractivity contribution in [3.8, 4) is 5.69 Å². The summed E-state index contributed by atoms with van der Waals surface area (Å²) < 4.78 is 3.29. The Labute approximate surface area is 136 Å². The van der Waals surface area contributed by atoms with E-state index in [1.165, 1.54) is 3.57 Å². The number of nitrogens with zero attached hydrogens (tertiary/aromatic N) is 3. The number of hydrogen-bond acceptors (Lipinski definition) is 2. The molecule has 2 heterocycles. The zero-order chi connectivity index (χ0) is 14.1. The molecule has 0 spiro atoms. The van der Waals surface area contributed by atoms with E-state index in [9.17, 15) is 0 Å². The highest BCUT2D eigenvalue weighted by atomic mass is 127. The molecule has 1 aromatic carbocycles. The second kappa shape index (κ2) is 5.69. The molecule has 0 unspecified atom stereocenters. The summed E-state index contributed by atoms with van der Waals surface area (Å²) in [7, 11) is 0. The van der Waals surface area contributed by atoms with E-state index in [0.29, 0.717) is 5.88 Å². The van der Waals surface area contributed by atoms with E-state index in [1.54, 1.807) is 0 Å². The summed E-state index contributed by atoms with van der Waals surface area (Å²) in [4.78, 5) is 9.25. The first kappa shape index (κ1) is 13.8. The Morgan fingerprint density at radius 3 is 2.80 bits per heavy atom. The molecule has 3 aromatic rings. The molecule has 0 amide bonds. The maximum Gasteiger partial charge on any atom is 0.164 e. The maximum atomic E-state index is 5.93. The van der Waals surface area contributed by atoms with Crippen molar-refractivity contribution in [1.29, 1.82) is 0 Å². The average molecular weight is 398 g/mol. The third kappa shape index (κ3) is 2.31. The van der Waals surface area contributed by atoms with Crippen LogP contribution in [0.2, 0.25) is 0 Å². The van der Waals surface area contributed by atoms with Gasteiger partial charge in [-0.1, -0.05) is 12.1 Å². The number of rotatable bonds is 3. The predicted octanol–water partition coefficient (Wildman–Crippen LogP) is 4.11. The van der Waals surface area contributed by atoms with Crippen LogP contribution in [-0.4, -0.2) is 20.4 Å². The Morgan fingerprint density at radius 2 is 2.05 bits per heavy atom. The smallest absolute Gasteiger partial charge is 0.164 e. The summed E-state index contributed by atoms with van der Waals surface area (Å²) >= 11 is 8.27.